The van der Waals surface area contributed by atoms with Crippen LogP contribution in [0, 0.1) is 6.92 Å². The largest absolute Gasteiger partial charge is 0.392 e. The first-order valence-electron chi connectivity index (χ1n) is 4.98. The normalized spacial score (nSPS) is 11.0. The first-order chi connectivity index (χ1) is 8.31. The van der Waals surface area contributed by atoms with E-state index < -0.39 is 28.7 Å². The number of carbonyl (C=O) groups excluding carboxylic acids is 2. The highest BCUT2D eigenvalue weighted by molar-refractivity contribution is 7.86. The molecule has 0 radical (unpaired) electrons. The van der Waals surface area contributed by atoms with E-state index in [0.717, 1.165) is 12.5 Å². The topological polar surface area (TPSA) is 86.7 Å². The Kier molecular flexibility index (Phi) is 4.57. The number of benzene rings is 1. The van der Waals surface area contributed by atoms with E-state index in [1.165, 1.54) is 12.1 Å². The van der Waals surface area contributed by atoms with Gasteiger partial charge in [0.2, 0.25) is 0 Å². The lowest BCUT2D eigenvalue weighted by Gasteiger charge is -2.05. The third-order valence-corrected chi connectivity index (χ3v) is 3.18. The van der Waals surface area contributed by atoms with E-state index >= 15 is 0 Å². The van der Waals surface area contributed by atoms with Crippen molar-refractivity contribution >= 4 is 22.1 Å². The molecule has 0 aliphatic heterocycles. The van der Waals surface area contributed by atoms with Crippen LogP contribution >= 0.6 is 0 Å². The van der Waals surface area contributed by atoms with Gasteiger partial charge >= 0.3 is 11.9 Å². The van der Waals surface area contributed by atoms with Crippen LogP contribution in [-0.2, 0) is 28.6 Å². The summed E-state index contributed by atoms with van der Waals surface area (Å²) in [5.74, 6) is -1.88. The number of ether oxygens (including phenoxy) is 1. The van der Waals surface area contributed by atoms with Crippen LogP contribution < -0.4 is 0 Å². The van der Waals surface area contributed by atoms with Crippen molar-refractivity contribution in [3.05, 3.63) is 29.8 Å². The standard InChI is InChI=1S/C11H12O6S/c1-8-3-5-10(6-4-8)18(14,15)16-7-11(13)17-9(2)12/h3-6H,7H2,1-2H3. The lowest BCUT2D eigenvalue weighted by atomic mass is 10.2. The monoisotopic (exact) mass is 272 g/mol. The smallest absolute Gasteiger partial charge is 0.341 e. The molecule has 1 aromatic carbocycles. The molecule has 0 fully saturated rings. The molecule has 0 aliphatic rings. The Morgan fingerprint density at radius 3 is 2.22 bits per heavy atom. The van der Waals surface area contributed by atoms with Gasteiger partial charge in [0.15, 0.2) is 6.61 Å². The van der Waals surface area contributed by atoms with Gasteiger partial charge in [-0.05, 0) is 19.1 Å². The molecule has 0 spiro atoms. The highest BCUT2D eigenvalue weighted by Gasteiger charge is 2.18. The first kappa shape index (κ1) is 14.3. The molecule has 0 amide bonds. The molecule has 0 atom stereocenters. The molecule has 98 valence electrons. The minimum absolute atomic E-state index is 0.0660. The van der Waals surface area contributed by atoms with E-state index in [2.05, 4.69) is 8.92 Å². The highest BCUT2D eigenvalue weighted by Crippen LogP contribution is 2.13. The zero-order valence-electron chi connectivity index (χ0n) is 9.87. The van der Waals surface area contributed by atoms with Crippen molar-refractivity contribution < 1.29 is 26.9 Å². The van der Waals surface area contributed by atoms with E-state index in [9.17, 15) is 18.0 Å². The summed E-state index contributed by atoms with van der Waals surface area (Å²) in [6, 6.07) is 5.93. The predicted octanol–water partition coefficient (Wildman–Crippen LogP) is 0.790. The molecule has 0 aromatic heterocycles. The lowest BCUT2D eigenvalue weighted by molar-refractivity contribution is -0.159. The number of carbonyl (C=O) groups is 2. The van der Waals surface area contributed by atoms with Crippen molar-refractivity contribution in [3.63, 3.8) is 0 Å². The van der Waals surface area contributed by atoms with E-state index in [4.69, 9.17) is 0 Å². The van der Waals surface area contributed by atoms with E-state index in [0.29, 0.717) is 0 Å². The van der Waals surface area contributed by atoms with Gasteiger partial charge in [-0.2, -0.15) is 8.42 Å². The summed E-state index contributed by atoms with van der Waals surface area (Å²) in [6.07, 6.45) is 0. The summed E-state index contributed by atoms with van der Waals surface area (Å²) in [5, 5.41) is 0. The van der Waals surface area contributed by atoms with Crippen molar-refractivity contribution in [1.82, 2.24) is 0 Å². The van der Waals surface area contributed by atoms with Gasteiger partial charge in [-0.3, -0.25) is 8.98 Å². The molecule has 0 saturated heterocycles. The van der Waals surface area contributed by atoms with E-state index in [1.807, 2.05) is 6.92 Å². The second kappa shape index (κ2) is 5.74. The molecule has 6 nitrogen and oxygen atoms in total. The fraction of sp³-hybridized carbons (Fsp3) is 0.273. The van der Waals surface area contributed by atoms with Gasteiger partial charge in [0.05, 0.1) is 4.90 Å². The molecule has 0 unspecified atom stereocenters. The Morgan fingerprint density at radius 1 is 1.17 bits per heavy atom. The van der Waals surface area contributed by atoms with Gasteiger partial charge in [-0.15, -0.1) is 0 Å². The maximum Gasteiger partial charge on any atom is 0.341 e. The third-order valence-electron chi connectivity index (χ3n) is 1.90. The number of esters is 2. The Labute approximate surface area is 105 Å². The van der Waals surface area contributed by atoms with Gasteiger partial charge in [0.1, 0.15) is 0 Å². The second-order valence-corrected chi connectivity index (χ2v) is 5.11. The molecular formula is C11H12O6S. The maximum atomic E-state index is 11.6. The number of hydrogen-bond donors (Lipinski definition) is 0. The van der Waals surface area contributed by atoms with Crippen LogP contribution in [0.5, 0.6) is 0 Å². The van der Waals surface area contributed by atoms with Crippen molar-refractivity contribution in [1.29, 1.82) is 0 Å². The molecule has 1 aromatic rings. The van der Waals surface area contributed by atoms with Gasteiger partial charge in [-0.1, -0.05) is 17.7 Å². The van der Waals surface area contributed by atoms with Crippen LogP contribution in [0.15, 0.2) is 29.2 Å². The Bertz CT molecular complexity index is 543. The van der Waals surface area contributed by atoms with E-state index in [1.54, 1.807) is 12.1 Å². The fourth-order valence-corrected chi connectivity index (χ4v) is 1.95. The SMILES string of the molecule is CC(=O)OC(=O)COS(=O)(=O)c1ccc(C)cc1. The second-order valence-electron chi connectivity index (χ2n) is 3.50. The number of rotatable bonds is 4. The fourth-order valence-electron chi connectivity index (χ4n) is 1.09. The summed E-state index contributed by atoms with van der Waals surface area (Å²) in [4.78, 5) is 21.3. The molecule has 0 aliphatic carbocycles. The summed E-state index contributed by atoms with van der Waals surface area (Å²) < 4.78 is 31.8. The average Bonchev–Trinajstić information content (AvgIpc) is 2.26. The predicted molar refractivity (Wildman–Crippen MR) is 61.1 cm³/mol. The maximum absolute atomic E-state index is 11.6. The molecule has 0 heterocycles. The van der Waals surface area contributed by atoms with Crippen molar-refractivity contribution in [2.75, 3.05) is 6.61 Å². The Hall–Kier alpha value is -1.73. The van der Waals surface area contributed by atoms with Gasteiger partial charge in [-0.25, -0.2) is 4.79 Å². The molecule has 0 bridgehead atoms. The summed E-state index contributed by atoms with van der Waals surface area (Å²) in [7, 11) is -4.02. The zero-order valence-corrected chi connectivity index (χ0v) is 10.7. The Morgan fingerprint density at radius 2 is 1.72 bits per heavy atom. The number of aryl methyl sites for hydroxylation is 1. The van der Waals surface area contributed by atoms with Crippen LogP contribution in [0.2, 0.25) is 0 Å². The minimum Gasteiger partial charge on any atom is -0.392 e. The first-order valence-corrected chi connectivity index (χ1v) is 6.39. The Balaban J connectivity index is 2.68. The zero-order chi connectivity index (χ0) is 13.8. The van der Waals surface area contributed by atoms with Gasteiger partial charge < -0.3 is 4.74 Å². The lowest BCUT2D eigenvalue weighted by Crippen LogP contribution is -2.18. The summed E-state index contributed by atoms with van der Waals surface area (Å²) >= 11 is 0. The van der Waals surface area contributed by atoms with Crippen LogP contribution in [0.3, 0.4) is 0 Å². The summed E-state index contributed by atoms with van der Waals surface area (Å²) in [5.41, 5.74) is 0.893. The van der Waals surface area contributed by atoms with Crippen LogP contribution in [0.25, 0.3) is 0 Å². The molecule has 18 heavy (non-hydrogen) atoms. The number of hydrogen-bond acceptors (Lipinski definition) is 6. The summed E-state index contributed by atoms with van der Waals surface area (Å²) in [6.45, 7) is 2.00. The molecule has 1 rings (SSSR count). The average molecular weight is 272 g/mol. The molecular weight excluding hydrogens is 260 g/mol. The third kappa shape index (κ3) is 4.27. The molecule has 0 N–H and O–H groups in total. The van der Waals surface area contributed by atoms with Crippen LogP contribution in [0.4, 0.5) is 0 Å². The highest BCUT2D eigenvalue weighted by atomic mass is 32.2. The molecule has 0 saturated carbocycles. The molecule has 7 heteroatoms. The van der Waals surface area contributed by atoms with E-state index in [-0.39, 0.29) is 4.90 Å². The van der Waals surface area contributed by atoms with Crippen LogP contribution in [-0.4, -0.2) is 27.0 Å². The van der Waals surface area contributed by atoms with Crippen molar-refractivity contribution in [3.8, 4) is 0 Å². The quantitative estimate of drug-likeness (QED) is 0.457. The van der Waals surface area contributed by atoms with Crippen LogP contribution in [0.1, 0.15) is 12.5 Å². The van der Waals surface area contributed by atoms with Crippen molar-refractivity contribution in [2.45, 2.75) is 18.7 Å². The van der Waals surface area contributed by atoms with Crippen molar-refractivity contribution in [2.24, 2.45) is 0 Å². The van der Waals surface area contributed by atoms with Gasteiger partial charge in [0.25, 0.3) is 10.1 Å². The minimum atomic E-state index is -4.02. The van der Waals surface area contributed by atoms with Gasteiger partial charge in [0, 0.05) is 6.92 Å².